The maximum Gasteiger partial charge on any atom is 0.338 e. The Morgan fingerprint density at radius 1 is 1.16 bits per heavy atom. The van der Waals surface area contributed by atoms with Crippen LogP contribution in [0, 0.1) is 12.8 Å². The molecular formula is C24H27ClN2O4. The topological polar surface area (TPSA) is 75.7 Å². The number of rotatable bonds is 8. The summed E-state index contributed by atoms with van der Waals surface area (Å²) < 4.78 is 5.24. The van der Waals surface area contributed by atoms with Crippen LogP contribution in [-0.4, -0.2) is 30.9 Å². The van der Waals surface area contributed by atoms with Crippen LogP contribution in [0.2, 0.25) is 5.02 Å². The first-order valence-corrected chi connectivity index (χ1v) is 10.9. The number of halogens is 1. The highest BCUT2D eigenvalue weighted by Gasteiger charge is 2.35. The quantitative estimate of drug-likeness (QED) is 0.461. The number of hydrogen-bond donors (Lipinski definition) is 1. The molecular weight excluding hydrogens is 416 g/mol. The zero-order valence-corrected chi connectivity index (χ0v) is 18.6. The first-order chi connectivity index (χ1) is 14.9. The molecule has 0 aliphatic carbocycles. The van der Waals surface area contributed by atoms with Crippen LogP contribution >= 0.6 is 11.6 Å². The number of unbranched alkanes of at least 4 members (excludes halogenated alkanes) is 2. The first kappa shape index (κ1) is 22.8. The molecule has 31 heavy (non-hydrogen) atoms. The molecule has 1 N–H and O–H groups in total. The fourth-order valence-electron chi connectivity index (χ4n) is 3.54. The van der Waals surface area contributed by atoms with Gasteiger partial charge in [0.15, 0.2) is 0 Å². The normalized spacial score (nSPS) is 15.8. The molecule has 2 aromatic carbocycles. The van der Waals surface area contributed by atoms with Gasteiger partial charge in [0.1, 0.15) is 0 Å². The Kier molecular flexibility index (Phi) is 7.69. The van der Waals surface area contributed by atoms with Crippen molar-refractivity contribution in [2.45, 2.75) is 39.5 Å². The fraction of sp³-hybridized carbons (Fsp3) is 0.375. The summed E-state index contributed by atoms with van der Waals surface area (Å²) in [4.78, 5) is 38.9. The van der Waals surface area contributed by atoms with Gasteiger partial charge < -0.3 is 15.0 Å². The molecule has 0 bridgehead atoms. The van der Waals surface area contributed by atoms with E-state index in [0.29, 0.717) is 29.4 Å². The number of carbonyl (C=O) groups excluding carboxylic acids is 3. The average molecular weight is 443 g/mol. The summed E-state index contributed by atoms with van der Waals surface area (Å²) in [5.74, 6) is -1.17. The highest BCUT2D eigenvalue weighted by molar-refractivity contribution is 6.31. The number of esters is 1. The van der Waals surface area contributed by atoms with Gasteiger partial charge in [0.05, 0.1) is 18.1 Å². The highest BCUT2D eigenvalue weighted by Crippen LogP contribution is 2.31. The highest BCUT2D eigenvalue weighted by atomic mass is 35.5. The fourth-order valence-corrected chi connectivity index (χ4v) is 3.71. The lowest BCUT2D eigenvalue weighted by atomic mass is 10.1. The summed E-state index contributed by atoms with van der Waals surface area (Å²) in [7, 11) is 0. The van der Waals surface area contributed by atoms with E-state index in [4.69, 9.17) is 16.3 Å². The van der Waals surface area contributed by atoms with E-state index in [0.717, 1.165) is 30.5 Å². The number of nitrogens with zero attached hydrogens (tertiary/aromatic N) is 1. The van der Waals surface area contributed by atoms with Gasteiger partial charge in [-0.3, -0.25) is 9.59 Å². The molecule has 1 aliphatic rings. The Morgan fingerprint density at radius 2 is 1.90 bits per heavy atom. The molecule has 7 heteroatoms. The first-order valence-electron chi connectivity index (χ1n) is 10.5. The molecule has 1 saturated heterocycles. The average Bonchev–Trinajstić information content (AvgIpc) is 3.15. The number of nitrogens with one attached hydrogen (secondary N) is 1. The molecule has 164 valence electrons. The molecule has 2 amide bonds. The molecule has 1 heterocycles. The summed E-state index contributed by atoms with van der Waals surface area (Å²) in [6, 6.07) is 12.0. The van der Waals surface area contributed by atoms with Gasteiger partial charge in [-0.25, -0.2) is 4.79 Å². The number of benzene rings is 2. The molecule has 1 fully saturated rings. The van der Waals surface area contributed by atoms with Gasteiger partial charge in [-0.15, -0.1) is 0 Å². The van der Waals surface area contributed by atoms with E-state index in [2.05, 4.69) is 12.2 Å². The van der Waals surface area contributed by atoms with Crippen LogP contribution in [0.25, 0.3) is 0 Å². The Bertz CT molecular complexity index is 959. The SMILES string of the molecule is CCCCCOC(=O)c1ccc(NC(=O)[C@@H]2CC(=O)N(c3cccc(Cl)c3C)C2)cc1. The van der Waals surface area contributed by atoms with E-state index < -0.39 is 5.92 Å². The molecule has 0 saturated carbocycles. The van der Waals surface area contributed by atoms with Crippen molar-refractivity contribution in [2.75, 3.05) is 23.4 Å². The number of anilines is 2. The largest absolute Gasteiger partial charge is 0.462 e. The summed E-state index contributed by atoms with van der Waals surface area (Å²) in [6.45, 7) is 4.65. The lowest BCUT2D eigenvalue weighted by Gasteiger charge is -2.19. The standard InChI is InChI=1S/C24H27ClN2O4/c1-3-4-5-13-31-24(30)17-9-11-19(12-10-17)26-23(29)18-14-22(28)27(15-18)21-8-6-7-20(25)16(21)2/h6-12,18H,3-5,13-15H2,1-2H3,(H,26,29)/t18-/m1/s1. The van der Waals surface area contributed by atoms with Crippen molar-refractivity contribution in [1.29, 1.82) is 0 Å². The van der Waals surface area contributed by atoms with E-state index in [1.165, 1.54) is 0 Å². The van der Waals surface area contributed by atoms with Crippen LogP contribution in [0.3, 0.4) is 0 Å². The third kappa shape index (κ3) is 5.64. The Labute approximate surface area is 187 Å². The van der Waals surface area contributed by atoms with Crippen molar-refractivity contribution in [1.82, 2.24) is 0 Å². The molecule has 0 aromatic heterocycles. The zero-order valence-electron chi connectivity index (χ0n) is 17.8. The van der Waals surface area contributed by atoms with Gasteiger partial charge in [0, 0.05) is 29.4 Å². The summed E-state index contributed by atoms with van der Waals surface area (Å²) in [6.07, 6.45) is 3.08. The molecule has 3 rings (SSSR count). The van der Waals surface area contributed by atoms with E-state index in [1.54, 1.807) is 41.3 Å². The van der Waals surface area contributed by atoms with Crippen LogP contribution in [-0.2, 0) is 14.3 Å². The maximum atomic E-state index is 12.7. The lowest BCUT2D eigenvalue weighted by Crippen LogP contribution is -2.28. The van der Waals surface area contributed by atoms with Crippen LogP contribution in [0.5, 0.6) is 0 Å². The minimum atomic E-state index is -0.464. The van der Waals surface area contributed by atoms with Gasteiger partial charge in [-0.2, -0.15) is 0 Å². The van der Waals surface area contributed by atoms with Crippen LogP contribution in [0.4, 0.5) is 11.4 Å². The van der Waals surface area contributed by atoms with Crippen molar-refractivity contribution >= 4 is 40.8 Å². The van der Waals surface area contributed by atoms with Crippen LogP contribution in [0.1, 0.15) is 48.5 Å². The van der Waals surface area contributed by atoms with Gasteiger partial charge in [-0.1, -0.05) is 37.4 Å². The minimum Gasteiger partial charge on any atom is -0.462 e. The summed E-state index contributed by atoms with van der Waals surface area (Å²) in [5.41, 5.74) is 2.55. The van der Waals surface area contributed by atoms with Gasteiger partial charge in [-0.05, 0) is 55.3 Å². The van der Waals surface area contributed by atoms with Crippen molar-refractivity contribution in [3.05, 3.63) is 58.6 Å². The van der Waals surface area contributed by atoms with Crippen molar-refractivity contribution in [3.63, 3.8) is 0 Å². The second-order valence-electron chi connectivity index (χ2n) is 7.70. The second-order valence-corrected chi connectivity index (χ2v) is 8.11. The summed E-state index contributed by atoms with van der Waals surface area (Å²) in [5, 5.41) is 3.42. The third-order valence-corrected chi connectivity index (χ3v) is 5.80. The molecule has 0 unspecified atom stereocenters. The molecule has 2 aromatic rings. The molecule has 1 atom stereocenters. The smallest absolute Gasteiger partial charge is 0.338 e. The minimum absolute atomic E-state index is 0.105. The van der Waals surface area contributed by atoms with Crippen LogP contribution in [0.15, 0.2) is 42.5 Å². The van der Waals surface area contributed by atoms with Gasteiger partial charge >= 0.3 is 5.97 Å². The van der Waals surface area contributed by atoms with Crippen molar-refractivity contribution in [2.24, 2.45) is 5.92 Å². The monoisotopic (exact) mass is 442 g/mol. The lowest BCUT2D eigenvalue weighted by molar-refractivity contribution is -0.122. The Hall–Kier alpha value is -2.86. The van der Waals surface area contributed by atoms with E-state index in [-0.39, 0.29) is 24.2 Å². The second kappa shape index (κ2) is 10.4. The van der Waals surface area contributed by atoms with E-state index in [1.807, 2.05) is 13.0 Å². The molecule has 0 spiro atoms. The number of amides is 2. The third-order valence-electron chi connectivity index (χ3n) is 5.39. The van der Waals surface area contributed by atoms with Crippen LogP contribution < -0.4 is 10.2 Å². The van der Waals surface area contributed by atoms with Crippen molar-refractivity contribution < 1.29 is 19.1 Å². The summed E-state index contributed by atoms with van der Waals surface area (Å²) >= 11 is 6.17. The van der Waals surface area contributed by atoms with E-state index in [9.17, 15) is 14.4 Å². The predicted octanol–water partition coefficient (Wildman–Crippen LogP) is 4.99. The zero-order chi connectivity index (χ0) is 22.4. The molecule has 6 nitrogen and oxygen atoms in total. The Morgan fingerprint density at radius 3 is 2.61 bits per heavy atom. The number of carbonyl (C=O) groups is 3. The van der Waals surface area contributed by atoms with Crippen molar-refractivity contribution in [3.8, 4) is 0 Å². The number of hydrogen-bond acceptors (Lipinski definition) is 4. The molecule has 1 aliphatic heterocycles. The predicted molar refractivity (Wildman–Crippen MR) is 122 cm³/mol. The number of ether oxygens (including phenoxy) is 1. The van der Waals surface area contributed by atoms with Gasteiger partial charge in [0.2, 0.25) is 11.8 Å². The van der Waals surface area contributed by atoms with E-state index >= 15 is 0 Å². The Balaban J connectivity index is 1.57. The van der Waals surface area contributed by atoms with Gasteiger partial charge in [0.25, 0.3) is 0 Å². The molecule has 0 radical (unpaired) electrons. The maximum absolute atomic E-state index is 12.7.